The van der Waals surface area contributed by atoms with Crippen molar-refractivity contribution < 1.29 is 9.53 Å². The first-order chi connectivity index (χ1) is 11.7. The highest BCUT2D eigenvalue weighted by molar-refractivity contribution is 5.92. The monoisotopic (exact) mass is 328 g/mol. The maximum atomic E-state index is 12.3. The van der Waals surface area contributed by atoms with Crippen LogP contribution >= 0.6 is 0 Å². The number of para-hydroxylation sites is 1. The topological polar surface area (TPSA) is 67.4 Å². The highest BCUT2D eigenvalue weighted by atomic mass is 16.5. The van der Waals surface area contributed by atoms with Crippen molar-refractivity contribution in [3.8, 4) is 0 Å². The highest BCUT2D eigenvalue weighted by Crippen LogP contribution is 2.21. The van der Waals surface area contributed by atoms with Crippen molar-refractivity contribution in [3.05, 3.63) is 47.8 Å². The van der Waals surface area contributed by atoms with Crippen molar-refractivity contribution >= 4 is 17.5 Å². The number of nitrogens with zero attached hydrogens (tertiary/aromatic N) is 3. The molecule has 0 saturated carbocycles. The average Bonchev–Trinajstić information content (AvgIpc) is 2.60. The number of hydrogen-bond donors (Lipinski definition) is 1. The fourth-order valence-corrected chi connectivity index (χ4v) is 2.35. The zero-order valence-corrected chi connectivity index (χ0v) is 14.5. The van der Waals surface area contributed by atoms with Gasteiger partial charge in [0.15, 0.2) is 0 Å². The summed E-state index contributed by atoms with van der Waals surface area (Å²) in [7, 11) is 1.64. The lowest BCUT2D eigenvalue weighted by atomic mass is 10.3. The molecular formula is C18H24N4O2. The number of carbonyl (C=O) groups excluding carboxylic acids is 1. The molecule has 0 spiro atoms. The van der Waals surface area contributed by atoms with E-state index in [0.717, 1.165) is 17.8 Å². The molecule has 0 bridgehead atoms. The lowest BCUT2D eigenvalue weighted by Crippen LogP contribution is -2.27. The van der Waals surface area contributed by atoms with E-state index in [1.807, 2.05) is 49.1 Å². The van der Waals surface area contributed by atoms with Gasteiger partial charge in [-0.15, -0.1) is 0 Å². The van der Waals surface area contributed by atoms with Crippen LogP contribution < -0.4 is 10.2 Å². The predicted molar refractivity (Wildman–Crippen MR) is 94.7 cm³/mol. The number of carbonyl (C=O) groups is 1. The maximum absolute atomic E-state index is 12.3. The van der Waals surface area contributed by atoms with Gasteiger partial charge >= 0.3 is 0 Å². The van der Waals surface area contributed by atoms with Crippen LogP contribution in [0.4, 0.5) is 11.6 Å². The molecule has 0 saturated heterocycles. The molecule has 128 valence electrons. The van der Waals surface area contributed by atoms with E-state index in [-0.39, 0.29) is 5.91 Å². The van der Waals surface area contributed by atoms with Crippen LogP contribution in [0.1, 0.15) is 29.5 Å². The summed E-state index contributed by atoms with van der Waals surface area (Å²) in [6.07, 6.45) is 0.768. The summed E-state index contributed by atoms with van der Waals surface area (Å²) >= 11 is 0. The van der Waals surface area contributed by atoms with Crippen LogP contribution in [0.25, 0.3) is 0 Å². The summed E-state index contributed by atoms with van der Waals surface area (Å²) in [6, 6.07) is 11.6. The van der Waals surface area contributed by atoms with E-state index in [0.29, 0.717) is 31.3 Å². The molecule has 0 radical (unpaired) electrons. The molecular weight excluding hydrogens is 304 g/mol. The Bertz CT molecular complexity index is 661. The second kappa shape index (κ2) is 8.98. The molecule has 0 aliphatic heterocycles. The molecule has 1 heterocycles. The molecule has 0 unspecified atom stereocenters. The minimum atomic E-state index is -0.193. The molecule has 1 aromatic heterocycles. The third kappa shape index (κ3) is 4.76. The smallest absolute Gasteiger partial charge is 0.270 e. The Kier molecular flexibility index (Phi) is 6.69. The van der Waals surface area contributed by atoms with Crippen LogP contribution in [0, 0.1) is 6.92 Å². The van der Waals surface area contributed by atoms with E-state index in [2.05, 4.69) is 15.3 Å². The number of ether oxygens (including phenoxy) is 1. The van der Waals surface area contributed by atoms with Crippen molar-refractivity contribution in [2.45, 2.75) is 20.3 Å². The van der Waals surface area contributed by atoms with E-state index < -0.39 is 0 Å². The molecule has 0 aliphatic carbocycles. The van der Waals surface area contributed by atoms with Crippen LogP contribution in [-0.4, -0.2) is 42.7 Å². The lowest BCUT2D eigenvalue weighted by molar-refractivity contribution is 0.0943. The van der Waals surface area contributed by atoms with Crippen LogP contribution in [0.2, 0.25) is 0 Å². The van der Waals surface area contributed by atoms with Gasteiger partial charge in [-0.3, -0.25) is 4.79 Å². The van der Waals surface area contributed by atoms with Crippen LogP contribution in [0.3, 0.4) is 0 Å². The van der Waals surface area contributed by atoms with Crippen molar-refractivity contribution in [2.24, 2.45) is 0 Å². The first-order valence-corrected chi connectivity index (χ1v) is 8.11. The largest absolute Gasteiger partial charge is 0.385 e. The Balaban J connectivity index is 2.19. The number of hydrogen-bond acceptors (Lipinski definition) is 5. The Hall–Kier alpha value is -2.47. The quantitative estimate of drug-likeness (QED) is 0.755. The highest BCUT2D eigenvalue weighted by Gasteiger charge is 2.15. The summed E-state index contributed by atoms with van der Waals surface area (Å²) in [5.41, 5.74) is 2.14. The second-order valence-electron chi connectivity index (χ2n) is 5.38. The van der Waals surface area contributed by atoms with Gasteiger partial charge < -0.3 is 15.0 Å². The molecule has 0 atom stereocenters. The van der Waals surface area contributed by atoms with Gasteiger partial charge in [-0.1, -0.05) is 18.2 Å². The maximum Gasteiger partial charge on any atom is 0.270 e. The third-order valence-corrected chi connectivity index (χ3v) is 3.51. The van der Waals surface area contributed by atoms with Crippen molar-refractivity contribution in [1.29, 1.82) is 0 Å². The summed E-state index contributed by atoms with van der Waals surface area (Å²) in [5.74, 6) is 0.340. The number of aryl methyl sites for hydroxylation is 1. The Morgan fingerprint density at radius 2 is 2.00 bits per heavy atom. The third-order valence-electron chi connectivity index (χ3n) is 3.51. The predicted octanol–water partition coefficient (Wildman–Crippen LogP) is 2.71. The lowest BCUT2D eigenvalue weighted by Gasteiger charge is -2.21. The first-order valence-electron chi connectivity index (χ1n) is 8.11. The fourth-order valence-electron chi connectivity index (χ4n) is 2.35. The van der Waals surface area contributed by atoms with Crippen LogP contribution in [-0.2, 0) is 4.74 Å². The second-order valence-corrected chi connectivity index (χ2v) is 5.38. The molecule has 2 rings (SSSR count). The van der Waals surface area contributed by atoms with E-state index in [1.165, 1.54) is 0 Å². The molecule has 0 fully saturated rings. The number of benzene rings is 1. The Morgan fingerprint density at radius 1 is 1.25 bits per heavy atom. The van der Waals surface area contributed by atoms with Gasteiger partial charge in [0, 0.05) is 38.2 Å². The molecule has 1 N–H and O–H groups in total. The Labute approximate surface area is 142 Å². The van der Waals surface area contributed by atoms with Crippen molar-refractivity contribution in [1.82, 2.24) is 15.3 Å². The van der Waals surface area contributed by atoms with E-state index in [1.54, 1.807) is 13.2 Å². The van der Waals surface area contributed by atoms with Gasteiger partial charge in [0.25, 0.3) is 5.91 Å². The normalized spacial score (nSPS) is 10.5. The summed E-state index contributed by atoms with van der Waals surface area (Å²) in [5, 5.41) is 2.86. The zero-order chi connectivity index (χ0) is 17.4. The average molecular weight is 328 g/mol. The fraction of sp³-hybridized carbons (Fsp3) is 0.389. The number of nitrogens with one attached hydrogen (secondary N) is 1. The molecule has 1 aromatic carbocycles. The molecule has 24 heavy (non-hydrogen) atoms. The van der Waals surface area contributed by atoms with Gasteiger partial charge in [-0.2, -0.15) is 0 Å². The number of rotatable bonds is 8. The summed E-state index contributed by atoms with van der Waals surface area (Å²) in [4.78, 5) is 23.2. The molecule has 6 heteroatoms. The van der Waals surface area contributed by atoms with Crippen LogP contribution in [0.15, 0.2) is 36.4 Å². The van der Waals surface area contributed by atoms with E-state index >= 15 is 0 Å². The minimum absolute atomic E-state index is 0.193. The molecule has 6 nitrogen and oxygen atoms in total. The van der Waals surface area contributed by atoms with Crippen LogP contribution in [0.5, 0.6) is 0 Å². The van der Waals surface area contributed by atoms with Gasteiger partial charge in [0.1, 0.15) is 5.69 Å². The van der Waals surface area contributed by atoms with Gasteiger partial charge in [0.05, 0.1) is 0 Å². The molecule has 1 amide bonds. The first kappa shape index (κ1) is 17.9. The molecule has 2 aromatic rings. The summed E-state index contributed by atoms with van der Waals surface area (Å²) in [6.45, 7) is 5.78. The van der Waals surface area contributed by atoms with Crippen molar-refractivity contribution in [2.75, 3.05) is 31.7 Å². The number of methoxy groups -OCH3 is 1. The van der Waals surface area contributed by atoms with Gasteiger partial charge in [0.2, 0.25) is 5.95 Å². The van der Waals surface area contributed by atoms with E-state index in [4.69, 9.17) is 4.74 Å². The number of amides is 1. The zero-order valence-electron chi connectivity index (χ0n) is 14.5. The SMILES string of the molecule is CCN(c1ccccc1)c1nc(C)cc(C(=O)NCCCOC)n1. The number of aromatic nitrogens is 2. The minimum Gasteiger partial charge on any atom is -0.385 e. The standard InChI is InChI=1S/C18H24N4O2/c1-4-22(15-9-6-5-7-10-15)18-20-14(2)13-16(21-18)17(23)19-11-8-12-24-3/h5-7,9-10,13H,4,8,11-12H2,1-3H3,(H,19,23). The summed E-state index contributed by atoms with van der Waals surface area (Å²) < 4.78 is 4.98. The van der Waals surface area contributed by atoms with Gasteiger partial charge in [-0.05, 0) is 38.5 Å². The molecule has 0 aliphatic rings. The van der Waals surface area contributed by atoms with Gasteiger partial charge in [-0.25, -0.2) is 9.97 Å². The Morgan fingerprint density at radius 3 is 2.67 bits per heavy atom. The van der Waals surface area contributed by atoms with Crippen molar-refractivity contribution in [3.63, 3.8) is 0 Å². The van der Waals surface area contributed by atoms with E-state index in [9.17, 15) is 4.79 Å². The number of anilines is 2.